The van der Waals surface area contributed by atoms with Crippen molar-refractivity contribution in [3.8, 4) is 11.8 Å². The summed E-state index contributed by atoms with van der Waals surface area (Å²) in [5.74, 6) is -0.304. The maximum atomic E-state index is 12.5. The van der Waals surface area contributed by atoms with Gasteiger partial charge in [0.1, 0.15) is 0 Å². The van der Waals surface area contributed by atoms with Crippen LogP contribution in [0.5, 0.6) is 5.75 Å². The zero-order valence-electron chi connectivity index (χ0n) is 10.5. The van der Waals surface area contributed by atoms with Crippen LogP contribution in [0.2, 0.25) is 0 Å². The number of nitriles is 1. The summed E-state index contributed by atoms with van der Waals surface area (Å²) in [6.07, 6.45) is 2.43. The SMILES string of the molecule is N#Cc1cc(I)c(OS(=O)(=O)C(F)(F)F)c2c1CCCC2. The number of alkyl halides is 3. The molecule has 1 aliphatic rings. The fourth-order valence-corrected chi connectivity index (χ4v) is 3.62. The summed E-state index contributed by atoms with van der Waals surface area (Å²) < 4.78 is 64.3. The lowest BCUT2D eigenvalue weighted by atomic mass is 9.88. The van der Waals surface area contributed by atoms with Gasteiger partial charge in [-0.15, -0.1) is 0 Å². The third kappa shape index (κ3) is 3.11. The van der Waals surface area contributed by atoms with E-state index in [1.165, 1.54) is 6.07 Å². The molecule has 0 unspecified atom stereocenters. The molecule has 2 rings (SSSR count). The first-order chi connectivity index (χ1) is 9.67. The molecule has 0 atom stereocenters. The van der Waals surface area contributed by atoms with Crippen LogP contribution in [0.15, 0.2) is 6.07 Å². The topological polar surface area (TPSA) is 67.2 Å². The maximum absolute atomic E-state index is 12.5. The van der Waals surface area contributed by atoms with Crippen LogP contribution < -0.4 is 4.18 Å². The van der Waals surface area contributed by atoms with Crippen molar-refractivity contribution >= 4 is 32.7 Å². The van der Waals surface area contributed by atoms with E-state index in [2.05, 4.69) is 4.18 Å². The highest BCUT2D eigenvalue weighted by molar-refractivity contribution is 14.1. The van der Waals surface area contributed by atoms with Crippen molar-refractivity contribution in [1.29, 1.82) is 5.26 Å². The fourth-order valence-electron chi connectivity index (χ4n) is 2.22. The lowest BCUT2D eigenvalue weighted by molar-refractivity contribution is -0.0500. The van der Waals surface area contributed by atoms with Crippen LogP contribution in [0, 0.1) is 14.9 Å². The van der Waals surface area contributed by atoms with E-state index in [-0.39, 0.29) is 9.32 Å². The first-order valence-electron chi connectivity index (χ1n) is 5.92. The molecule has 0 radical (unpaired) electrons. The van der Waals surface area contributed by atoms with Crippen LogP contribution in [-0.4, -0.2) is 13.9 Å². The fraction of sp³-hybridized carbons (Fsp3) is 0.417. The summed E-state index contributed by atoms with van der Waals surface area (Å²) >= 11 is 1.68. The molecular formula is C12H9F3INO3S. The van der Waals surface area contributed by atoms with Gasteiger partial charge in [-0.2, -0.15) is 26.9 Å². The van der Waals surface area contributed by atoms with Gasteiger partial charge in [-0.25, -0.2) is 0 Å². The molecule has 0 N–H and O–H groups in total. The zero-order chi connectivity index (χ0) is 15.8. The lowest BCUT2D eigenvalue weighted by Crippen LogP contribution is -2.29. The molecule has 0 fully saturated rings. The number of nitrogens with zero attached hydrogens (tertiary/aromatic N) is 1. The van der Waals surface area contributed by atoms with E-state index in [0.29, 0.717) is 36.0 Å². The number of hydrogen-bond acceptors (Lipinski definition) is 4. The van der Waals surface area contributed by atoms with E-state index in [9.17, 15) is 21.6 Å². The molecule has 0 aliphatic heterocycles. The van der Waals surface area contributed by atoms with Gasteiger partial charge in [0.05, 0.1) is 15.2 Å². The van der Waals surface area contributed by atoms with Gasteiger partial charge in [0.25, 0.3) is 0 Å². The van der Waals surface area contributed by atoms with Gasteiger partial charge in [0, 0.05) is 5.56 Å². The highest BCUT2D eigenvalue weighted by Gasteiger charge is 2.49. The van der Waals surface area contributed by atoms with Gasteiger partial charge in [-0.3, -0.25) is 0 Å². The van der Waals surface area contributed by atoms with Gasteiger partial charge < -0.3 is 4.18 Å². The van der Waals surface area contributed by atoms with E-state index in [4.69, 9.17) is 5.26 Å². The number of halogens is 4. The van der Waals surface area contributed by atoms with Crippen LogP contribution in [-0.2, 0) is 23.0 Å². The Labute approximate surface area is 133 Å². The highest BCUT2D eigenvalue weighted by atomic mass is 127. The molecule has 0 aromatic heterocycles. The minimum atomic E-state index is -5.71. The number of benzene rings is 1. The minimum Gasteiger partial charge on any atom is -0.375 e. The number of hydrogen-bond donors (Lipinski definition) is 0. The molecular weight excluding hydrogens is 422 g/mol. The quantitative estimate of drug-likeness (QED) is 0.410. The molecule has 0 heterocycles. The Morgan fingerprint density at radius 3 is 2.33 bits per heavy atom. The summed E-state index contributed by atoms with van der Waals surface area (Å²) in [6, 6.07) is 3.34. The number of rotatable bonds is 2. The Hall–Kier alpha value is -1.02. The maximum Gasteiger partial charge on any atom is 0.534 e. The molecule has 0 amide bonds. The number of fused-ring (bicyclic) bond motifs is 1. The molecule has 0 bridgehead atoms. The van der Waals surface area contributed by atoms with Crippen LogP contribution in [0.4, 0.5) is 13.2 Å². The second-order valence-corrected chi connectivity index (χ2v) is 7.19. The smallest absolute Gasteiger partial charge is 0.375 e. The van der Waals surface area contributed by atoms with Gasteiger partial charge in [-0.1, -0.05) is 0 Å². The van der Waals surface area contributed by atoms with E-state index < -0.39 is 15.6 Å². The standard InChI is InChI=1S/C12H9F3INO3S/c13-12(14,15)21(18,19)20-11-9-4-2-1-3-8(9)7(6-17)5-10(11)16/h5H,1-4H2. The van der Waals surface area contributed by atoms with Crippen LogP contribution in [0.3, 0.4) is 0 Å². The van der Waals surface area contributed by atoms with E-state index in [1.54, 1.807) is 22.6 Å². The molecule has 0 saturated heterocycles. The van der Waals surface area contributed by atoms with Crippen molar-refractivity contribution in [2.24, 2.45) is 0 Å². The summed E-state index contributed by atoms with van der Waals surface area (Å²) in [6.45, 7) is 0. The Balaban J connectivity index is 2.58. The van der Waals surface area contributed by atoms with Crippen LogP contribution in [0.25, 0.3) is 0 Å². The first kappa shape index (κ1) is 16.4. The second kappa shape index (κ2) is 5.64. The predicted molar refractivity (Wildman–Crippen MR) is 76.1 cm³/mol. The lowest BCUT2D eigenvalue weighted by Gasteiger charge is -2.22. The Morgan fingerprint density at radius 2 is 1.81 bits per heavy atom. The molecule has 1 aromatic carbocycles. The summed E-state index contributed by atoms with van der Waals surface area (Å²) in [5, 5.41) is 9.08. The molecule has 4 nitrogen and oxygen atoms in total. The van der Waals surface area contributed by atoms with Gasteiger partial charge in [0.15, 0.2) is 5.75 Å². The molecule has 21 heavy (non-hydrogen) atoms. The Morgan fingerprint density at radius 1 is 1.24 bits per heavy atom. The highest BCUT2D eigenvalue weighted by Crippen LogP contribution is 2.38. The van der Waals surface area contributed by atoms with Crippen LogP contribution in [0.1, 0.15) is 29.5 Å². The van der Waals surface area contributed by atoms with E-state index in [0.717, 1.165) is 6.42 Å². The molecule has 114 valence electrons. The van der Waals surface area contributed by atoms with Crippen molar-refractivity contribution in [2.45, 2.75) is 31.2 Å². The Bertz CT molecular complexity index is 723. The normalized spacial score (nSPS) is 15.2. The third-order valence-electron chi connectivity index (χ3n) is 3.15. The first-order valence-corrected chi connectivity index (χ1v) is 8.41. The molecule has 9 heteroatoms. The molecule has 0 saturated carbocycles. The van der Waals surface area contributed by atoms with Crippen LogP contribution >= 0.6 is 22.6 Å². The largest absolute Gasteiger partial charge is 0.534 e. The van der Waals surface area contributed by atoms with Crippen molar-refractivity contribution in [1.82, 2.24) is 0 Å². The Kier molecular flexibility index (Phi) is 4.39. The van der Waals surface area contributed by atoms with Gasteiger partial charge in [-0.05, 0) is 59.9 Å². The minimum absolute atomic E-state index is 0.178. The molecule has 1 aromatic rings. The summed E-state index contributed by atoms with van der Waals surface area (Å²) in [5.41, 5.74) is -4.16. The van der Waals surface area contributed by atoms with Crippen molar-refractivity contribution in [3.63, 3.8) is 0 Å². The van der Waals surface area contributed by atoms with Crippen molar-refractivity contribution in [3.05, 3.63) is 26.3 Å². The average molecular weight is 431 g/mol. The van der Waals surface area contributed by atoms with Gasteiger partial charge in [0.2, 0.25) is 0 Å². The summed E-state index contributed by atoms with van der Waals surface area (Å²) in [7, 11) is -5.71. The molecule has 0 spiro atoms. The summed E-state index contributed by atoms with van der Waals surface area (Å²) in [4.78, 5) is 0. The van der Waals surface area contributed by atoms with Crippen molar-refractivity contribution in [2.75, 3.05) is 0 Å². The third-order valence-corrected chi connectivity index (χ3v) is 4.91. The molecule has 1 aliphatic carbocycles. The second-order valence-electron chi connectivity index (χ2n) is 4.49. The van der Waals surface area contributed by atoms with Gasteiger partial charge >= 0.3 is 15.6 Å². The average Bonchev–Trinajstić information content (AvgIpc) is 2.40. The van der Waals surface area contributed by atoms with Crippen molar-refractivity contribution < 1.29 is 25.8 Å². The zero-order valence-corrected chi connectivity index (χ0v) is 13.5. The monoisotopic (exact) mass is 431 g/mol. The predicted octanol–water partition coefficient (Wildman–Crippen LogP) is 3.27. The van der Waals surface area contributed by atoms with E-state index in [1.807, 2.05) is 6.07 Å². The van der Waals surface area contributed by atoms with E-state index >= 15 is 0 Å².